The van der Waals surface area contributed by atoms with Gasteiger partial charge in [0.05, 0.1) is 29.6 Å². The minimum Gasteiger partial charge on any atom is -0.465 e. The number of halogens is 1. The van der Waals surface area contributed by atoms with E-state index in [9.17, 15) is 18.0 Å². The van der Waals surface area contributed by atoms with Gasteiger partial charge in [-0.1, -0.05) is 23.7 Å². The first kappa shape index (κ1) is 20.7. The van der Waals surface area contributed by atoms with Crippen LogP contribution in [-0.2, 0) is 19.6 Å². The lowest BCUT2D eigenvalue weighted by Gasteiger charge is -2.22. The molecule has 0 radical (unpaired) electrons. The Labute approximate surface area is 162 Å². The van der Waals surface area contributed by atoms with E-state index in [2.05, 4.69) is 10.1 Å². The summed E-state index contributed by atoms with van der Waals surface area (Å²) in [7, 11) is -2.46. The van der Waals surface area contributed by atoms with Crippen LogP contribution in [0.1, 0.15) is 15.9 Å². The molecule has 2 rings (SSSR count). The van der Waals surface area contributed by atoms with Crippen LogP contribution in [0.25, 0.3) is 0 Å². The van der Waals surface area contributed by atoms with Crippen LogP contribution in [0.3, 0.4) is 0 Å². The van der Waals surface area contributed by atoms with E-state index in [1.54, 1.807) is 18.2 Å². The number of aryl methyl sites for hydroxylation is 1. The van der Waals surface area contributed by atoms with Crippen LogP contribution in [0, 0.1) is 6.92 Å². The Kier molecular flexibility index (Phi) is 6.45. The molecular weight excluding hydrogens is 392 g/mol. The van der Waals surface area contributed by atoms with Gasteiger partial charge in [-0.25, -0.2) is 13.2 Å². The smallest absolute Gasteiger partial charge is 0.339 e. The van der Waals surface area contributed by atoms with Gasteiger partial charge in [0.25, 0.3) is 0 Å². The standard InChI is InChI=1S/C18H19ClN2O5S/c1-12-5-4-6-14(9-12)21(27(3,24)25)11-17(22)20-13-7-8-16(19)15(10-13)18(23)26-2/h4-10H,11H2,1-3H3,(H,20,22). The molecule has 0 aromatic heterocycles. The Morgan fingerprint density at radius 1 is 1.19 bits per heavy atom. The Morgan fingerprint density at radius 3 is 2.48 bits per heavy atom. The van der Waals surface area contributed by atoms with E-state index in [-0.39, 0.29) is 10.6 Å². The van der Waals surface area contributed by atoms with Crippen molar-refractivity contribution in [3.8, 4) is 0 Å². The van der Waals surface area contributed by atoms with E-state index in [0.29, 0.717) is 11.4 Å². The number of benzene rings is 2. The second kappa shape index (κ2) is 8.41. The number of sulfonamides is 1. The van der Waals surface area contributed by atoms with Crippen molar-refractivity contribution in [2.75, 3.05) is 29.5 Å². The maximum atomic E-state index is 12.4. The lowest BCUT2D eigenvalue weighted by Crippen LogP contribution is -2.37. The molecule has 0 saturated carbocycles. The molecule has 7 nitrogen and oxygen atoms in total. The molecule has 0 aliphatic carbocycles. The zero-order chi connectivity index (χ0) is 20.2. The molecule has 1 N–H and O–H groups in total. The first-order valence-electron chi connectivity index (χ1n) is 7.84. The minimum absolute atomic E-state index is 0.0932. The molecule has 0 saturated heterocycles. The van der Waals surface area contributed by atoms with E-state index >= 15 is 0 Å². The molecule has 0 unspecified atom stereocenters. The van der Waals surface area contributed by atoms with E-state index in [1.165, 1.54) is 25.3 Å². The highest BCUT2D eigenvalue weighted by atomic mass is 35.5. The highest BCUT2D eigenvalue weighted by molar-refractivity contribution is 7.92. The number of esters is 1. The zero-order valence-electron chi connectivity index (χ0n) is 15.0. The van der Waals surface area contributed by atoms with Crippen molar-refractivity contribution >= 4 is 44.9 Å². The molecule has 1 amide bonds. The van der Waals surface area contributed by atoms with Gasteiger partial charge in [0.2, 0.25) is 15.9 Å². The van der Waals surface area contributed by atoms with Gasteiger partial charge < -0.3 is 10.1 Å². The maximum Gasteiger partial charge on any atom is 0.339 e. The SMILES string of the molecule is COC(=O)c1cc(NC(=O)CN(c2cccc(C)c2)S(C)(=O)=O)ccc1Cl. The second-order valence-electron chi connectivity index (χ2n) is 5.84. The molecular formula is C18H19ClN2O5S. The third kappa shape index (κ3) is 5.45. The summed E-state index contributed by atoms with van der Waals surface area (Å²) in [5.41, 5.74) is 1.64. The van der Waals surface area contributed by atoms with Gasteiger partial charge in [-0.3, -0.25) is 9.10 Å². The van der Waals surface area contributed by atoms with Gasteiger partial charge in [-0.15, -0.1) is 0 Å². The Balaban J connectivity index is 2.23. The lowest BCUT2D eigenvalue weighted by atomic mass is 10.2. The predicted octanol–water partition coefficient (Wildman–Crippen LogP) is 2.84. The summed E-state index contributed by atoms with van der Waals surface area (Å²) in [4.78, 5) is 24.1. The Morgan fingerprint density at radius 2 is 1.89 bits per heavy atom. The molecule has 2 aromatic rings. The number of carbonyl (C=O) groups excluding carboxylic acids is 2. The molecule has 0 atom stereocenters. The first-order valence-corrected chi connectivity index (χ1v) is 10.1. The maximum absolute atomic E-state index is 12.4. The van der Waals surface area contributed by atoms with Gasteiger partial charge in [0.15, 0.2) is 0 Å². The number of methoxy groups -OCH3 is 1. The number of amides is 1. The molecule has 9 heteroatoms. The van der Waals surface area contributed by atoms with Crippen molar-refractivity contribution in [2.24, 2.45) is 0 Å². The average molecular weight is 411 g/mol. The summed E-state index contributed by atoms with van der Waals surface area (Å²) in [6, 6.07) is 11.1. The molecule has 27 heavy (non-hydrogen) atoms. The molecule has 0 spiro atoms. The summed E-state index contributed by atoms with van der Waals surface area (Å²) in [6.07, 6.45) is 1.03. The van der Waals surface area contributed by atoms with E-state index in [4.69, 9.17) is 11.6 Å². The van der Waals surface area contributed by atoms with Crippen molar-refractivity contribution in [2.45, 2.75) is 6.92 Å². The monoisotopic (exact) mass is 410 g/mol. The van der Waals surface area contributed by atoms with Gasteiger partial charge in [0, 0.05) is 5.69 Å². The Bertz CT molecular complexity index is 975. The number of anilines is 2. The van der Waals surface area contributed by atoms with Crippen LogP contribution in [0.5, 0.6) is 0 Å². The molecule has 0 heterocycles. The highest BCUT2D eigenvalue weighted by Gasteiger charge is 2.21. The van der Waals surface area contributed by atoms with Crippen LogP contribution in [-0.4, -0.2) is 40.2 Å². The molecule has 144 valence electrons. The number of hydrogen-bond acceptors (Lipinski definition) is 5. The van der Waals surface area contributed by atoms with Gasteiger partial charge >= 0.3 is 5.97 Å². The van der Waals surface area contributed by atoms with E-state index in [0.717, 1.165) is 16.1 Å². The van der Waals surface area contributed by atoms with Crippen LogP contribution in [0.4, 0.5) is 11.4 Å². The second-order valence-corrected chi connectivity index (χ2v) is 8.16. The van der Waals surface area contributed by atoms with Crippen molar-refractivity contribution in [1.82, 2.24) is 0 Å². The van der Waals surface area contributed by atoms with Crippen LogP contribution < -0.4 is 9.62 Å². The normalized spacial score (nSPS) is 11.0. The van der Waals surface area contributed by atoms with Crippen molar-refractivity contribution < 1.29 is 22.7 Å². The summed E-state index contributed by atoms with van der Waals surface area (Å²) >= 11 is 5.94. The molecule has 0 fully saturated rings. The fourth-order valence-electron chi connectivity index (χ4n) is 2.38. The number of carbonyl (C=O) groups is 2. The summed E-state index contributed by atoms with van der Waals surface area (Å²) in [6.45, 7) is 1.41. The summed E-state index contributed by atoms with van der Waals surface area (Å²) in [5.74, 6) is -1.21. The van der Waals surface area contributed by atoms with Gasteiger partial charge in [-0.2, -0.15) is 0 Å². The number of rotatable bonds is 6. The van der Waals surface area contributed by atoms with E-state index in [1.807, 2.05) is 13.0 Å². The average Bonchev–Trinajstić information content (AvgIpc) is 2.59. The number of hydrogen-bond donors (Lipinski definition) is 1. The summed E-state index contributed by atoms with van der Waals surface area (Å²) in [5, 5.41) is 2.74. The quantitative estimate of drug-likeness (QED) is 0.739. The lowest BCUT2D eigenvalue weighted by molar-refractivity contribution is -0.114. The molecule has 2 aromatic carbocycles. The van der Waals surface area contributed by atoms with Crippen molar-refractivity contribution in [3.63, 3.8) is 0 Å². The number of nitrogens with zero attached hydrogens (tertiary/aromatic N) is 1. The van der Waals surface area contributed by atoms with Crippen molar-refractivity contribution in [3.05, 3.63) is 58.6 Å². The van der Waals surface area contributed by atoms with Crippen LogP contribution >= 0.6 is 11.6 Å². The van der Waals surface area contributed by atoms with Crippen molar-refractivity contribution in [1.29, 1.82) is 0 Å². The fourth-order valence-corrected chi connectivity index (χ4v) is 3.43. The van der Waals surface area contributed by atoms with Crippen LogP contribution in [0.2, 0.25) is 5.02 Å². The predicted molar refractivity (Wildman–Crippen MR) is 105 cm³/mol. The number of ether oxygens (including phenoxy) is 1. The minimum atomic E-state index is -3.68. The first-order chi connectivity index (χ1) is 12.6. The summed E-state index contributed by atoms with van der Waals surface area (Å²) < 4.78 is 29.9. The largest absolute Gasteiger partial charge is 0.465 e. The van der Waals surface area contributed by atoms with E-state index < -0.39 is 28.4 Å². The Hall–Kier alpha value is -2.58. The third-order valence-corrected chi connectivity index (χ3v) is 5.10. The zero-order valence-corrected chi connectivity index (χ0v) is 16.6. The molecule has 0 bridgehead atoms. The highest BCUT2D eigenvalue weighted by Crippen LogP contribution is 2.22. The third-order valence-electron chi connectivity index (χ3n) is 3.63. The van der Waals surface area contributed by atoms with Gasteiger partial charge in [-0.05, 0) is 42.8 Å². The van der Waals surface area contributed by atoms with Gasteiger partial charge in [0.1, 0.15) is 6.54 Å². The van der Waals surface area contributed by atoms with Crippen LogP contribution in [0.15, 0.2) is 42.5 Å². The fraction of sp³-hybridized carbons (Fsp3) is 0.222. The number of nitrogens with one attached hydrogen (secondary N) is 1. The molecule has 0 aliphatic heterocycles. The molecule has 0 aliphatic rings. The topological polar surface area (TPSA) is 92.8 Å².